The molecule has 2 N–H and O–H groups in total. The molecule has 0 spiro atoms. The monoisotopic (exact) mass is 245 g/mol. The second-order valence-electron chi connectivity index (χ2n) is 5.81. The minimum atomic E-state index is 0.664. The molecule has 2 aliphatic rings. The SMILES string of the molecule is CC1CN2CCCC2CN1Cc1ccc(N)cc1. The van der Waals surface area contributed by atoms with Crippen LogP contribution in [0.25, 0.3) is 0 Å². The highest BCUT2D eigenvalue weighted by atomic mass is 15.3. The first-order valence-electron chi connectivity index (χ1n) is 7.05. The molecule has 2 fully saturated rings. The van der Waals surface area contributed by atoms with Crippen LogP contribution in [-0.2, 0) is 6.54 Å². The van der Waals surface area contributed by atoms with E-state index in [-0.39, 0.29) is 0 Å². The maximum Gasteiger partial charge on any atom is 0.0314 e. The molecule has 2 unspecified atom stereocenters. The Morgan fingerprint density at radius 3 is 2.78 bits per heavy atom. The molecule has 2 atom stereocenters. The van der Waals surface area contributed by atoms with Crippen LogP contribution in [-0.4, -0.2) is 41.5 Å². The van der Waals surface area contributed by atoms with E-state index in [1.165, 1.54) is 38.0 Å². The van der Waals surface area contributed by atoms with Gasteiger partial charge in [-0.25, -0.2) is 0 Å². The number of benzene rings is 1. The van der Waals surface area contributed by atoms with Crippen molar-refractivity contribution in [3.63, 3.8) is 0 Å². The van der Waals surface area contributed by atoms with Gasteiger partial charge in [-0.2, -0.15) is 0 Å². The molecule has 0 aliphatic carbocycles. The van der Waals surface area contributed by atoms with Gasteiger partial charge in [0.25, 0.3) is 0 Å². The summed E-state index contributed by atoms with van der Waals surface area (Å²) < 4.78 is 0. The molecule has 1 aromatic rings. The lowest BCUT2D eigenvalue weighted by Crippen LogP contribution is -2.54. The van der Waals surface area contributed by atoms with Gasteiger partial charge in [0, 0.05) is 37.4 Å². The molecule has 2 saturated heterocycles. The van der Waals surface area contributed by atoms with E-state index in [0.29, 0.717) is 6.04 Å². The normalized spacial score (nSPS) is 29.4. The third-order valence-corrected chi connectivity index (χ3v) is 4.43. The van der Waals surface area contributed by atoms with Crippen molar-refractivity contribution in [3.8, 4) is 0 Å². The molecule has 2 heterocycles. The number of nitrogens with two attached hydrogens (primary N) is 1. The van der Waals surface area contributed by atoms with E-state index < -0.39 is 0 Å². The van der Waals surface area contributed by atoms with E-state index in [1.807, 2.05) is 12.1 Å². The smallest absolute Gasteiger partial charge is 0.0314 e. The van der Waals surface area contributed by atoms with E-state index in [1.54, 1.807) is 0 Å². The summed E-state index contributed by atoms with van der Waals surface area (Å²) in [6.07, 6.45) is 2.76. The summed E-state index contributed by atoms with van der Waals surface area (Å²) in [5.74, 6) is 0. The lowest BCUT2D eigenvalue weighted by molar-refractivity contribution is 0.0540. The average Bonchev–Trinajstić information content (AvgIpc) is 2.79. The van der Waals surface area contributed by atoms with E-state index in [2.05, 4.69) is 28.9 Å². The highest BCUT2D eigenvalue weighted by molar-refractivity contribution is 5.39. The zero-order valence-electron chi connectivity index (χ0n) is 11.2. The van der Waals surface area contributed by atoms with Gasteiger partial charge in [-0.15, -0.1) is 0 Å². The second-order valence-corrected chi connectivity index (χ2v) is 5.81. The summed E-state index contributed by atoms with van der Waals surface area (Å²) in [5, 5.41) is 0. The number of rotatable bonds is 2. The summed E-state index contributed by atoms with van der Waals surface area (Å²) in [7, 11) is 0. The lowest BCUT2D eigenvalue weighted by atomic mass is 10.1. The maximum absolute atomic E-state index is 5.74. The third-order valence-electron chi connectivity index (χ3n) is 4.43. The molecule has 3 nitrogen and oxygen atoms in total. The molecule has 3 rings (SSSR count). The van der Waals surface area contributed by atoms with Crippen LogP contribution < -0.4 is 5.73 Å². The highest BCUT2D eigenvalue weighted by Gasteiger charge is 2.33. The average molecular weight is 245 g/mol. The fourth-order valence-electron chi connectivity index (χ4n) is 3.33. The van der Waals surface area contributed by atoms with Crippen LogP contribution in [0.3, 0.4) is 0 Å². The van der Waals surface area contributed by atoms with Crippen LogP contribution in [0.2, 0.25) is 0 Å². The summed E-state index contributed by atoms with van der Waals surface area (Å²) in [5.41, 5.74) is 7.97. The fourth-order valence-corrected chi connectivity index (χ4v) is 3.33. The van der Waals surface area contributed by atoms with Crippen molar-refractivity contribution in [2.24, 2.45) is 0 Å². The maximum atomic E-state index is 5.74. The Kier molecular flexibility index (Phi) is 3.27. The Bertz CT molecular complexity index is 401. The van der Waals surface area contributed by atoms with E-state index >= 15 is 0 Å². The standard InChI is InChI=1S/C15H23N3/c1-12-9-17-8-2-3-15(17)11-18(12)10-13-4-6-14(16)7-5-13/h4-7,12,15H,2-3,8-11,16H2,1H3. The molecule has 0 aromatic heterocycles. The number of nitrogen functional groups attached to an aromatic ring is 1. The summed E-state index contributed by atoms with van der Waals surface area (Å²) >= 11 is 0. The summed E-state index contributed by atoms with van der Waals surface area (Å²) in [4.78, 5) is 5.29. The number of nitrogens with zero attached hydrogens (tertiary/aromatic N) is 2. The zero-order valence-corrected chi connectivity index (χ0v) is 11.2. The molecule has 18 heavy (non-hydrogen) atoms. The molecule has 2 aliphatic heterocycles. The van der Waals surface area contributed by atoms with Crippen LogP contribution >= 0.6 is 0 Å². The van der Waals surface area contributed by atoms with E-state index in [4.69, 9.17) is 5.73 Å². The van der Waals surface area contributed by atoms with E-state index in [9.17, 15) is 0 Å². The summed E-state index contributed by atoms with van der Waals surface area (Å²) in [6, 6.07) is 9.79. The van der Waals surface area contributed by atoms with Gasteiger partial charge < -0.3 is 5.73 Å². The Morgan fingerprint density at radius 2 is 2.00 bits per heavy atom. The van der Waals surface area contributed by atoms with Crippen LogP contribution in [0.4, 0.5) is 5.69 Å². The molecule has 0 bridgehead atoms. The van der Waals surface area contributed by atoms with Crippen molar-refractivity contribution in [1.29, 1.82) is 0 Å². The van der Waals surface area contributed by atoms with Crippen LogP contribution in [0.5, 0.6) is 0 Å². The van der Waals surface area contributed by atoms with Gasteiger partial charge >= 0.3 is 0 Å². The minimum absolute atomic E-state index is 0.664. The van der Waals surface area contributed by atoms with Crippen molar-refractivity contribution in [2.45, 2.75) is 38.4 Å². The Hall–Kier alpha value is -1.06. The molecule has 0 saturated carbocycles. The number of anilines is 1. The lowest BCUT2D eigenvalue weighted by Gasteiger charge is -2.42. The van der Waals surface area contributed by atoms with Gasteiger partial charge in [-0.05, 0) is 44.0 Å². The first-order valence-corrected chi connectivity index (χ1v) is 7.05. The Labute approximate surface area is 110 Å². The van der Waals surface area contributed by atoms with Gasteiger partial charge in [0.2, 0.25) is 0 Å². The predicted molar refractivity (Wildman–Crippen MR) is 75.3 cm³/mol. The number of hydrogen-bond acceptors (Lipinski definition) is 3. The highest BCUT2D eigenvalue weighted by Crippen LogP contribution is 2.25. The topological polar surface area (TPSA) is 32.5 Å². The molecular formula is C15H23N3. The van der Waals surface area contributed by atoms with Crippen molar-refractivity contribution in [3.05, 3.63) is 29.8 Å². The van der Waals surface area contributed by atoms with Crippen molar-refractivity contribution in [1.82, 2.24) is 9.80 Å². The Morgan fingerprint density at radius 1 is 1.22 bits per heavy atom. The molecule has 0 amide bonds. The second kappa shape index (κ2) is 4.90. The van der Waals surface area contributed by atoms with Gasteiger partial charge in [-0.1, -0.05) is 12.1 Å². The van der Waals surface area contributed by atoms with Crippen LogP contribution in [0, 0.1) is 0 Å². The number of fused-ring (bicyclic) bond motifs is 1. The van der Waals surface area contributed by atoms with Gasteiger partial charge in [0.15, 0.2) is 0 Å². The van der Waals surface area contributed by atoms with Gasteiger partial charge in [-0.3, -0.25) is 9.80 Å². The molecule has 3 heteroatoms. The molecule has 0 radical (unpaired) electrons. The predicted octanol–water partition coefficient (Wildman–Crippen LogP) is 1.94. The number of piperazine rings is 1. The molecule has 1 aromatic carbocycles. The summed E-state index contributed by atoms with van der Waals surface area (Å²) in [6.45, 7) is 7.19. The first kappa shape index (κ1) is 12.0. The molecular weight excluding hydrogens is 222 g/mol. The fraction of sp³-hybridized carbons (Fsp3) is 0.600. The van der Waals surface area contributed by atoms with Crippen molar-refractivity contribution in [2.75, 3.05) is 25.4 Å². The van der Waals surface area contributed by atoms with E-state index in [0.717, 1.165) is 18.3 Å². The van der Waals surface area contributed by atoms with Crippen molar-refractivity contribution < 1.29 is 0 Å². The zero-order chi connectivity index (χ0) is 12.5. The molecule has 98 valence electrons. The quantitative estimate of drug-likeness (QED) is 0.808. The van der Waals surface area contributed by atoms with Gasteiger partial charge in [0.1, 0.15) is 0 Å². The van der Waals surface area contributed by atoms with Crippen molar-refractivity contribution >= 4 is 5.69 Å². The number of hydrogen-bond donors (Lipinski definition) is 1. The Balaban J connectivity index is 1.66. The van der Waals surface area contributed by atoms with Crippen LogP contribution in [0.15, 0.2) is 24.3 Å². The van der Waals surface area contributed by atoms with Crippen LogP contribution in [0.1, 0.15) is 25.3 Å². The van der Waals surface area contributed by atoms with Gasteiger partial charge in [0.05, 0.1) is 0 Å². The minimum Gasteiger partial charge on any atom is -0.399 e. The largest absolute Gasteiger partial charge is 0.399 e. The first-order chi connectivity index (χ1) is 8.72. The third kappa shape index (κ3) is 2.38.